The Morgan fingerprint density at radius 1 is 1.44 bits per heavy atom. The predicted molar refractivity (Wildman–Crippen MR) is 62.6 cm³/mol. The Morgan fingerprint density at radius 2 is 2.31 bits per heavy atom. The molecular formula is C8H9N5OS2. The highest BCUT2D eigenvalue weighted by Crippen LogP contribution is 2.36. The molecule has 0 amide bonds. The van der Waals surface area contributed by atoms with Crippen LogP contribution in [0.4, 0.5) is 5.82 Å². The number of nitrogens with zero attached hydrogens (tertiary/aromatic N) is 3. The van der Waals surface area contributed by atoms with Crippen molar-refractivity contribution in [2.75, 3.05) is 12.5 Å². The molecule has 0 spiro atoms. The summed E-state index contributed by atoms with van der Waals surface area (Å²) in [5.41, 5.74) is 2.46. The van der Waals surface area contributed by atoms with Gasteiger partial charge in [-0.15, -0.1) is 11.3 Å². The monoisotopic (exact) mass is 255 g/mol. The first kappa shape index (κ1) is 11.1. The van der Waals surface area contributed by atoms with Gasteiger partial charge in [-0.25, -0.2) is 20.8 Å². The molecular weight excluding hydrogens is 246 g/mol. The molecule has 2 rings (SSSR count). The number of nitrogens with one attached hydrogen (secondary N) is 1. The third kappa shape index (κ3) is 2.23. The zero-order valence-electron chi connectivity index (χ0n) is 8.38. The molecule has 2 heterocycles. The second-order valence-electron chi connectivity index (χ2n) is 2.61. The van der Waals surface area contributed by atoms with E-state index >= 15 is 0 Å². The maximum absolute atomic E-state index is 5.33. The van der Waals surface area contributed by atoms with Crippen LogP contribution in [0, 0.1) is 0 Å². The molecule has 0 atom stereocenters. The Balaban J connectivity index is 2.33. The molecule has 0 fully saturated rings. The van der Waals surface area contributed by atoms with Crippen LogP contribution < -0.4 is 16.0 Å². The van der Waals surface area contributed by atoms with Gasteiger partial charge in [0.15, 0.2) is 20.9 Å². The van der Waals surface area contributed by atoms with E-state index < -0.39 is 0 Å². The van der Waals surface area contributed by atoms with Crippen LogP contribution in [0.2, 0.25) is 0 Å². The lowest BCUT2D eigenvalue weighted by Crippen LogP contribution is -2.10. The molecule has 6 nitrogen and oxygen atoms in total. The maximum atomic E-state index is 5.33. The molecule has 8 heteroatoms. The van der Waals surface area contributed by atoms with E-state index in [2.05, 4.69) is 20.4 Å². The molecule has 0 aliphatic heterocycles. The molecule has 0 radical (unpaired) electrons. The number of hydrazine groups is 1. The highest BCUT2D eigenvalue weighted by Gasteiger charge is 2.13. The first-order valence-corrected chi connectivity index (χ1v) is 5.97. The molecule has 2 aromatic heterocycles. The first-order valence-electron chi connectivity index (χ1n) is 4.28. The molecule has 2 aromatic rings. The summed E-state index contributed by atoms with van der Waals surface area (Å²) < 4.78 is 6.09. The standard InChI is InChI=1S/C8H9N5OS2/c1-14-5-6(13-9)11-4-12-7(5)16-8-10-2-3-15-8/h2-4H,9H2,1H3,(H,11,12,13). The van der Waals surface area contributed by atoms with Crippen LogP contribution in [-0.2, 0) is 0 Å². The van der Waals surface area contributed by atoms with Gasteiger partial charge in [0, 0.05) is 11.6 Å². The minimum Gasteiger partial charge on any atom is -0.490 e. The van der Waals surface area contributed by atoms with Crippen molar-refractivity contribution in [1.82, 2.24) is 15.0 Å². The number of hydrogen-bond acceptors (Lipinski definition) is 8. The number of thiazole rings is 1. The molecule has 0 aromatic carbocycles. The van der Waals surface area contributed by atoms with Gasteiger partial charge in [0.25, 0.3) is 0 Å². The van der Waals surface area contributed by atoms with Crippen molar-refractivity contribution < 1.29 is 4.74 Å². The summed E-state index contributed by atoms with van der Waals surface area (Å²) in [6.45, 7) is 0. The van der Waals surface area contributed by atoms with Gasteiger partial charge in [-0.2, -0.15) is 0 Å². The Hall–Kier alpha value is -1.38. The molecule has 0 aliphatic rings. The molecule has 0 aliphatic carbocycles. The zero-order chi connectivity index (χ0) is 11.4. The number of nitrogen functional groups attached to an aromatic ring is 1. The third-order valence-electron chi connectivity index (χ3n) is 1.71. The van der Waals surface area contributed by atoms with Crippen LogP contribution in [0.5, 0.6) is 5.75 Å². The Bertz CT molecular complexity index is 461. The summed E-state index contributed by atoms with van der Waals surface area (Å²) in [6.07, 6.45) is 3.16. The summed E-state index contributed by atoms with van der Waals surface area (Å²) >= 11 is 2.95. The maximum Gasteiger partial charge on any atom is 0.195 e. The zero-order valence-corrected chi connectivity index (χ0v) is 10.0. The van der Waals surface area contributed by atoms with Gasteiger partial charge in [-0.1, -0.05) is 0 Å². The minimum atomic E-state index is 0.455. The third-order valence-corrected chi connectivity index (χ3v) is 3.57. The quantitative estimate of drug-likeness (QED) is 0.485. The molecule has 0 bridgehead atoms. The molecule has 0 unspecified atom stereocenters. The van der Waals surface area contributed by atoms with Crippen LogP contribution in [0.25, 0.3) is 0 Å². The van der Waals surface area contributed by atoms with Crippen molar-refractivity contribution in [3.05, 3.63) is 17.9 Å². The highest BCUT2D eigenvalue weighted by molar-refractivity contribution is 8.01. The molecule has 0 saturated carbocycles. The first-order chi connectivity index (χ1) is 7.85. The van der Waals surface area contributed by atoms with Crippen LogP contribution in [0.1, 0.15) is 0 Å². The van der Waals surface area contributed by atoms with E-state index in [0.29, 0.717) is 16.6 Å². The van der Waals surface area contributed by atoms with Crippen molar-refractivity contribution in [2.45, 2.75) is 9.37 Å². The Labute approximate surface area is 100 Å². The second kappa shape index (κ2) is 5.10. The summed E-state index contributed by atoms with van der Waals surface area (Å²) in [4.78, 5) is 12.2. The van der Waals surface area contributed by atoms with Crippen molar-refractivity contribution in [2.24, 2.45) is 5.84 Å². The average Bonchev–Trinajstić information content (AvgIpc) is 2.81. The highest BCUT2D eigenvalue weighted by atomic mass is 32.2. The smallest absolute Gasteiger partial charge is 0.195 e. The number of rotatable bonds is 4. The lowest BCUT2D eigenvalue weighted by molar-refractivity contribution is 0.400. The normalized spacial score (nSPS) is 10.1. The lowest BCUT2D eigenvalue weighted by atomic mass is 10.5. The molecule has 16 heavy (non-hydrogen) atoms. The van der Waals surface area contributed by atoms with Crippen molar-refractivity contribution >= 4 is 28.9 Å². The van der Waals surface area contributed by atoms with E-state index in [9.17, 15) is 0 Å². The van der Waals surface area contributed by atoms with E-state index in [1.54, 1.807) is 13.3 Å². The number of methoxy groups -OCH3 is 1. The van der Waals surface area contributed by atoms with Crippen molar-refractivity contribution in [3.8, 4) is 5.75 Å². The fourth-order valence-corrected chi connectivity index (χ4v) is 2.67. The summed E-state index contributed by atoms with van der Waals surface area (Å²) in [6, 6.07) is 0. The number of aromatic nitrogens is 3. The summed E-state index contributed by atoms with van der Waals surface area (Å²) in [5, 5.41) is 2.58. The number of hydrogen-bond donors (Lipinski definition) is 2. The van der Waals surface area contributed by atoms with Crippen molar-refractivity contribution in [1.29, 1.82) is 0 Å². The number of ether oxygens (including phenoxy) is 1. The van der Waals surface area contributed by atoms with Gasteiger partial charge in [0.2, 0.25) is 0 Å². The molecule has 3 N–H and O–H groups in total. The van der Waals surface area contributed by atoms with Crippen molar-refractivity contribution in [3.63, 3.8) is 0 Å². The van der Waals surface area contributed by atoms with Crippen LogP contribution >= 0.6 is 23.1 Å². The molecule has 84 valence electrons. The van der Waals surface area contributed by atoms with Gasteiger partial charge in [0.1, 0.15) is 6.33 Å². The van der Waals surface area contributed by atoms with Crippen LogP contribution in [-0.4, -0.2) is 22.1 Å². The summed E-state index contributed by atoms with van der Waals surface area (Å²) in [5.74, 6) is 6.30. The lowest BCUT2D eigenvalue weighted by Gasteiger charge is -2.08. The van der Waals surface area contributed by atoms with Gasteiger partial charge in [0.05, 0.1) is 7.11 Å². The topological polar surface area (TPSA) is 86.0 Å². The van der Waals surface area contributed by atoms with Gasteiger partial charge in [-0.05, 0) is 11.8 Å². The predicted octanol–water partition coefficient (Wildman–Crippen LogP) is 1.38. The van der Waals surface area contributed by atoms with Crippen LogP contribution in [0.15, 0.2) is 27.3 Å². The number of nitrogens with two attached hydrogens (primary N) is 1. The van der Waals surface area contributed by atoms with E-state index in [1.165, 1.54) is 29.4 Å². The average molecular weight is 255 g/mol. The molecule has 0 saturated heterocycles. The minimum absolute atomic E-state index is 0.455. The Kier molecular flexibility index (Phi) is 3.54. The largest absolute Gasteiger partial charge is 0.490 e. The van der Waals surface area contributed by atoms with Gasteiger partial charge >= 0.3 is 0 Å². The fourth-order valence-electron chi connectivity index (χ4n) is 1.06. The van der Waals surface area contributed by atoms with Gasteiger partial charge < -0.3 is 10.2 Å². The van der Waals surface area contributed by atoms with Crippen LogP contribution in [0.3, 0.4) is 0 Å². The second-order valence-corrected chi connectivity index (χ2v) is 4.74. The van der Waals surface area contributed by atoms with E-state index in [-0.39, 0.29) is 0 Å². The van der Waals surface area contributed by atoms with E-state index in [0.717, 1.165) is 4.34 Å². The van der Waals surface area contributed by atoms with E-state index in [1.807, 2.05) is 5.38 Å². The fraction of sp³-hybridized carbons (Fsp3) is 0.125. The van der Waals surface area contributed by atoms with E-state index in [4.69, 9.17) is 10.6 Å². The SMILES string of the molecule is COc1c(NN)ncnc1Sc1nccs1. The van der Waals surface area contributed by atoms with Gasteiger partial charge in [-0.3, -0.25) is 0 Å². The summed E-state index contributed by atoms with van der Waals surface area (Å²) in [7, 11) is 1.55. The number of anilines is 1. The Morgan fingerprint density at radius 3 is 2.94 bits per heavy atom.